The lowest BCUT2D eigenvalue weighted by atomic mass is 10.1. The SMILES string of the molecule is CCO[C@H]1CN[C@H](C(=O)NC(C)(C)C)C1. The van der Waals surface area contributed by atoms with Crippen molar-refractivity contribution in [1.82, 2.24) is 10.6 Å². The Bertz CT molecular complexity index is 223. The molecule has 4 nitrogen and oxygen atoms in total. The van der Waals surface area contributed by atoms with E-state index in [4.69, 9.17) is 4.74 Å². The fourth-order valence-electron chi connectivity index (χ4n) is 1.72. The molecule has 0 aliphatic carbocycles. The molecule has 88 valence electrons. The third kappa shape index (κ3) is 4.18. The lowest BCUT2D eigenvalue weighted by Crippen LogP contribution is -2.48. The first kappa shape index (κ1) is 12.5. The topological polar surface area (TPSA) is 50.4 Å². The molecule has 0 saturated carbocycles. The minimum absolute atomic E-state index is 0.0738. The third-order valence-corrected chi connectivity index (χ3v) is 2.31. The Morgan fingerprint density at radius 3 is 2.73 bits per heavy atom. The molecule has 1 fully saturated rings. The smallest absolute Gasteiger partial charge is 0.237 e. The van der Waals surface area contributed by atoms with E-state index in [9.17, 15) is 4.79 Å². The molecule has 2 N–H and O–H groups in total. The molecular weight excluding hydrogens is 192 g/mol. The molecule has 15 heavy (non-hydrogen) atoms. The van der Waals surface area contributed by atoms with Crippen molar-refractivity contribution in [3.05, 3.63) is 0 Å². The molecule has 1 aliphatic rings. The largest absolute Gasteiger partial charge is 0.377 e. The van der Waals surface area contributed by atoms with Crippen molar-refractivity contribution in [3.63, 3.8) is 0 Å². The average Bonchev–Trinajstić information content (AvgIpc) is 2.50. The first-order chi connectivity index (χ1) is 6.92. The lowest BCUT2D eigenvalue weighted by Gasteiger charge is -2.23. The Balaban J connectivity index is 2.37. The van der Waals surface area contributed by atoms with Gasteiger partial charge < -0.3 is 15.4 Å². The van der Waals surface area contributed by atoms with Crippen LogP contribution in [0.1, 0.15) is 34.1 Å². The maximum atomic E-state index is 11.8. The van der Waals surface area contributed by atoms with Crippen molar-refractivity contribution < 1.29 is 9.53 Å². The number of nitrogens with one attached hydrogen (secondary N) is 2. The monoisotopic (exact) mass is 214 g/mol. The zero-order chi connectivity index (χ0) is 11.5. The molecule has 1 heterocycles. The Hall–Kier alpha value is -0.610. The van der Waals surface area contributed by atoms with Crippen molar-refractivity contribution in [1.29, 1.82) is 0 Å². The van der Waals surface area contributed by atoms with Gasteiger partial charge in [0, 0.05) is 18.7 Å². The van der Waals surface area contributed by atoms with Gasteiger partial charge in [-0.1, -0.05) is 0 Å². The van der Waals surface area contributed by atoms with E-state index in [2.05, 4.69) is 10.6 Å². The summed E-state index contributed by atoms with van der Waals surface area (Å²) in [5.41, 5.74) is -0.164. The minimum Gasteiger partial charge on any atom is -0.377 e. The summed E-state index contributed by atoms with van der Waals surface area (Å²) < 4.78 is 5.47. The van der Waals surface area contributed by atoms with E-state index in [1.165, 1.54) is 0 Å². The molecule has 1 rings (SSSR count). The minimum atomic E-state index is -0.164. The van der Waals surface area contributed by atoms with Crippen molar-refractivity contribution in [2.75, 3.05) is 13.2 Å². The number of rotatable bonds is 3. The van der Waals surface area contributed by atoms with Gasteiger partial charge in [0.05, 0.1) is 12.1 Å². The van der Waals surface area contributed by atoms with Crippen LogP contribution in [-0.2, 0) is 9.53 Å². The maximum absolute atomic E-state index is 11.8. The van der Waals surface area contributed by atoms with Gasteiger partial charge in [0.2, 0.25) is 5.91 Å². The Morgan fingerprint density at radius 2 is 2.20 bits per heavy atom. The van der Waals surface area contributed by atoms with E-state index in [1.807, 2.05) is 27.7 Å². The molecular formula is C11H22N2O2. The van der Waals surface area contributed by atoms with Crippen LogP contribution in [0, 0.1) is 0 Å². The van der Waals surface area contributed by atoms with Crippen LogP contribution in [0.25, 0.3) is 0 Å². The number of hydrogen-bond acceptors (Lipinski definition) is 3. The highest BCUT2D eigenvalue weighted by atomic mass is 16.5. The van der Waals surface area contributed by atoms with Gasteiger partial charge in [-0.15, -0.1) is 0 Å². The van der Waals surface area contributed by atoms with Crippen LogP contribution in [0.15, 0.2) is 0 Å². The van der Waals surface area contributed by atoms with E-state index in [-0.39, 0.29) is 23.6 Å². The van der Waals surface area contributed by atoms with E-state index < -0.39 is 0 Å². The van der Waals surface area contributed by atoms with E-state index in [0.717, 1.165) is 13.0 Å². The van der Waals surface area contributed by atoms with Crippen LogP contribution in [0.2, 0.25) is 0 Å². The highest BCUT2D eigenvalue weighted by Gasteiger charge is 2.31. The summed E-state index contributed by atoms with van der Waals surface area (Å²) >= 11 is 0. The quantitative estimate of drug-likeness (QED) is 0.726. The molecule has 2 atom stereocenters. The van der Waals surface area contributed by atoms with Crippen molar-refractivity contribution >= 4 is 5.91 Å². The number of ether oxygens (including phenoxy) is 1. The van der Waals surface area contributed by atoms with Crippen LogP contribution in [-0.4, -0.2) is 36.7 Å². The summed E-state index contributed by atoms with van der Waals surface area (Å²) in [6.45, 7) is 9.41. The van der Waals surface area contributed by atoms with Crippen LogP contribution in [0.4, 0.5) is 0 Å². The molecule has 4 heteroatoms. The molecule has 0 bridgehead atoms. The van der Waals surface area contributed by atoms with E-state index in [0.29, 0.717) is 6.61 Å². The fraction of sp³-hybridized carbons (Fsp3) is 0.909. The predicted octanol–water partition coefficient (Wildman–Crippen LogP) is 0.668. The highest BCUT2D eigenvalue weighted by Crippen LogP contribution is 2.11. The number of hydrogen-bond donors (Lipinski definition) is 2. The Kier molecular flexibility index (Phi) is 4.11. The molecule has 1 saturated heterocycles. The van der Waals surface area contributed by atoms with Gasteiger partial charge in [0.1, 0.15) is 0 Å². The summed E-state index contributed by atoms with van der Waals surface area (Å²) in [6.07, 6.45) is 0.959. The normalized spacial score (nSPS) is 26.7. The van der Waals surface area contributed by atoms with Gasteiger partial charge in [0.25, 0.3) is 0 Å². The molecule has 0 spiro atoms. The predicted molar refractivity (Wildman–Crippen MR) is 59.7 cm³/mol. The van der Waals surface area contributed by atoms with Gasteiger partial charge in [-0.05, 0) is 34.1 Å². The van der Waals surface area contributed by atoms with Crippen LogP contribution in [0.3, 0.4) is 0 Å². The summed E-state index contributed by atoms with van der Waals surface area (Å²) in [5, 5.41) is 6.14. The van der Waals surface area contributed by atoms with Crippen LogP contribution < -0.4 is 10.6 Å². The van der Waals surface area contributed by atoms with Crippen LogP contribution in [0.5, 0.6) is 0 Å². The molecule has 1 aliphatic heterocycles. The van der Waals surface area contributed by atoms with Gasteiger partial charge in [0.15, 0.2) is 0 Å². The first-order valence-corrected chi connectivity index (χ1v) is 5.59. The van der Waals surface area contributed by atoms with Gasteiger partial charge in [-0.3, -0.25) is 4.79 Å². The third-order valence-electron chi connectivity index (χ3n) is 2.31. The second-order valence-electron chi connectivity index (χ2n) is 5.01. The van der Waals surface area contributed by atoms with E-state index in [1.54, 1.807) is 0 Å². The highest BCUT2D eigenvalue weighted by molar-refractivity contribution is 5.82. The van der Waals surface area contributed by atoms with Gasteiger partial charge in [-0.2, -0.15) is 0 Å². The molecule has 0 radical (unpaired) electrons. The standard InChI is InChI=1S/C11H22N2O2/c1-5-15-8-6-9(12-7-8)10(14)13-11(2,3)4/h8-9,12H,5-7H2,1-4H3,(H,13,14)/t8-,9+/m1/s1. The molecule has 0 aromatic heterocycles. The second-order valence-corrected chi connectivity index (χ2v) is 5.01. The Labute approximate surface area is 91.8 Å². The van der Waals surface area contributed by atoms with E-state index >= 15 is 0 Å². The number of carbonyl (C=O) groups is 1. The first-order valence-electron chi connectivity index (χ1n) is 5.59. The lowest BCUT2D eigenvalue weighted by molar-refractivity contribution is -0.124. The summed E-state index contributed by atoms with van der Waals surface area (Å²) in [7, 11) is 0. The number of carbonyl (C=O) groups excluding carboxylic acids is 1. The van der Waals surface area contributed by atoms with Crippen molar-refractivity contribution in [3.8, 4) is 0 Å². The molecule has 1 amide bonds. The average molecular weight is 214 g/mol. The Morgan fingerprint density at radius 1 is 1.53 bits per heavy atom. The zero-order valence-electron chi connectivity index (χ0n) is 10.1. The van der Waals surface area contributed by atoms with Crippen molar-refractivity contribution in [2.45, 2.75) is 51.8 Å². The summed E-state index contributed by atoms with van der Waals surface area (Å²) in [4.78, 5) is 11.8. The van der Waals surface area contributed by atoms with Gasteiger partial charge in [-0.25, -0.2) is 0 Å². The molecule has 0 aromatic rings. The van der Waals surface area contributed by atoms with Crippen molar-refractivity contribution in [2.24, 2.45) is 0 Å². The second kappa shape index (κ2) is 4.94. The maximum Gasteiger partial charge on any atom is 0.237 e. The van der Waals surface area contributed by atoms with Crippen LogP contribution >= 0.6 is 0 Å². The molecule has 0 aromatic carbocycles. The van der Waals surface area contributed by atoms with Gasteiger partial charge >= 0.3 is 0 Å². The number of amides is 1. The summed E-state index contributed by atoms with van der Waals surface area (Å²) in [6, 6.07) is -0.0965. The zero-order valence-corrected chi connectivity index (χ0v) is 10.1. The molecule has 0 unspecified atom stereocenters. The fourth-order valence-corrected chi connectivity index (χ4v) is 1.72. The summed E-state index contributed by atoms with van der Waals surface area (Å²) in [5.74, 6) is 0.0738.